The number of rotatable bonds is 5. The van der Waals surface area contributed by atoms with Crippen molar-refractivity contribution in [2.45, 2.75) is 6.10 Å². The summed E-state index contributed by atoms with van der Waals surface area (Å²) in [6.45, 7) is 4.07. The van der Waals surface area contributed by atoms with Gasteiger partial charge in [0.15, 0.2) is 11.1 Å². The molecular weight excluding hydrogens is 449 g/mol. The second kappa shape index (κ2) is 9.93. The van der Waals surface area contributed by atoms with E-state index in [1.54, 1.807) is 18.4 Å². The van der Waals surface area contributed by atoms with E-state index in [4.69, 9.17) is 10.5 Å². The van der Waals surface area contributed by atoms with Crippen LogP contribution in [0, 0.1) is 0 Å². The highest BCUT2D eigenvalue weighted by molar-refractivity contribution is 14.0. The molecule has 0 bridgehead atoms. The van der Waals surface area contributed by atoms with E-state index in [0.717, 1.165) is 36.9 Å². The second-order valence-electron chi connectivity index (χ2n) is 5.62. The lowest BCUT2D eigenvalue weighted by Crippen LogP contribution is -2.51. The van der Waals surface area contributed by atoms with Crippen LogP contribution in [0.2, 0.25) is 0 Å². The predicted octanol–water partition coefficient (Wildman–Crippen LogP) is 2.59. The van der Waals surface area contributed by atoms with E-state index in [0.29, 0.717) is 12.5 Å². The van der Waals surface area contributed by atoms with E-state index < -0.39 is 0 Å². The maximum Gasteiger partial charge on any atom is 0.191 e. The molecule has 0 saturated carbocycles. The summed E-state index contributed by atoms with van der Waals surface area (Å²) in [6, 6.07) is 10.1. The summed E-state index contributed by atoms with van der Waals surface area (Å²) in [6.07, 6.45) is 1.78. The summed E-state index contributed by atoms with van der Waals surface area (Å²) in [5.41, 5.74) is 7.30. The number of hydrogen-bond acceptors (Lipinski definition) is 5. The van der Waals surface area contributed by atoms with Gasteiger partial charge in [-0.15, -0.1) is 35.3 Å². The Hall–Kier alpha value is -1.39. The Labute approximate surface area is 169 Å². The summed E-state index contributed by atoms with van der Waals surface area (Å²) in [4.78, 5) is 13.3. The molecule has 1 saturated heterocycles. The van der Waals surface area contributed by atoms with Gasteiger partial charge in [0, 0.05) is 44.9 Å². The molecule has 1 unspecified atom stereocenters. The molecule has 1 aliphatic rings. The summed E-state index contributed by atoms with van der Waals surface area (Å²) < 4.78 is 5.54. The molecule has 1 aromatic carbocycles. The molecule has 3 rings (SSSR count). The zero-order chi connectivity index (χ0) is 16.8. The Bertz CT molecular complexity index is 644. The number of nitrogens with two attached hydrogens (primary N) is 1. The molecule has 25 heavy (non-hydrogen) atoms. The van der Waals surface area contributed by atoms with Crippen molar-refractivity contribution < 1.29 is 4.74 Å². The lowest BCUT2D eigenvalue weighted by molar-refractivity contribution is 0.110. The zero-order valence-electron chi connectivity index (χ0n) is 14.2. The third-order valence-corrected chi connectivity index (χ3v) is 5.00. The van der Waals surface area contributed by atoms with Crippen molar-refractivity contribution in [1.82, 2.24) is 9.88 Å². The van der Waals surface area contributed by atoms with Crippen LogP contribution in [-0.2, 0) is 4.74 Å². The van der Waals surface area contributed by atoms with Crippen molar-refractivity contribution in [1.29, 1.82) is 0 Å². The fourth-order valence-electron chi connectivity index (χ4n) is 2.76. The highest BCUT2D eigenvalue weighted by atomic mass is 127. The number of aromatic nitrogens is 1. The predicted molar refractivity (Wildman–Crippen MR) is 114 cm³/mol. The van der Waals surface area contributed by atoms with E-state index in [-0.39, 0.29) is 30.1 Å². The first kappa shape index (κ1) is 19.9. The Kier molecular flexibility index (Phi) is 7.91. The van der Waals surface area contributed by atoms with Crippen molar-refractivity contribution in [3.8, 4) is 0 Å². The molecular formula is C17H24IN5OS. The van der Waals surface area contributed by atoms with Crippen LogP contribution in [-0.4, -0.2) is 55.7 Å². The number of methoxy groups -OCH3 is 1. The van der Waals surface area contributed by atoms with E-state index in [9.17, 15) is 0 Å². The number of aliphatic imine (C=N–C) groups is 1. The lowest BCUT2D eigenvalue weighted by atomic mass is 10.1. The topological polar surface area (TPSA) is 67.0 Å². The van der Waals surface area contributed by atoms with Gasteiger partial charge in [0.1, 0.15) is 6.10 Å². The average molecular weight is 473 g/mol. The summed E-state index contributed by atoms with van der Waals surface area (Å²) in [5.74, 6) is 0.590. The number of guanidine groups is 1. The van der Waals surface area contributed by atoms with Gasteiger partial charge in [-0.05, 0) is 5.56 Å². The molecule has 0 radical (unpaired) electrons. The van der Waals surface area contributed by atoms with E-state index >= 15 is 0 Å². The highest BCUT2D eigenvalue weighted by Crippen LogP contribution is 2.19. The van der Waals surface area contributed by atoms with Gasteiger partial charge in [-0.3, -0.25) is 4.99 Å². The maximum atomic E-state index is 6.18. The summed E-state index contributed by atoms with van der Waals surface area (Å²) in [7, 11) is 1.70. The first-order valence-corrected chi connectivity index (χ1v) is 8.93. The number of ether oxygens (including phenoxy) is 1. The van der Waals surface area contributed by atoms with Crippen LogP contribution in [0.15, 0.2) is 46.9 Å². The van der Waals surface area contributed by atoms with Crippen LogP contribution in [0.5, 0.6) is 0 Å². The smallest absolute Gasteiger partial charge is 0.191 e. The Morgan fingerprint density at radius 2 is 2.00 bits per heavy atom. The number of thiazole rings is 1. The van der Waals surface area contributed by atoms with Crippen molar-refractivity contribution in [2.24, 2.45) is 10.7 Å². The van der Waals surface area contributed by atoms with Crippen LogP contribution in [0.1, 0.15) is 11.7 Å². The Morgan fingerprint density at radius 3 is 2.60 bits per heavy atom. The number of hydrogen-bond donors (Lipinski definition) is 1. The van der Waals surface area contributed by atoms with Crippen LogP contribution in [0.4, 0.5) is 5.13 Å². The number of piperazine rings is 1. The Balaban J connectivity index is 0.00000225. The van der Waals surface area contributed by atoms with Crippen LogP contribution in [0.3, 0.4) is 0 Å². The minimum atomic E-state index is -0.0682. The molecule has 2 heterocycles. The van der Waals surface area contributed by atoms with E-state index in [1.807, 2.05) is 41.9 Å². The fourth-order valence-corrected chi connectivity index (χ4v) is 3.46. The SMILES string of the molecule is COC(CN=C(N)N1CCN(c2nccs2)CC1)c1ccccc1.I. The third kappa shape index (κ3) is 5.29. The van der Waals surface area contributed by atoms with E-state index in [2.05, 4.69) is 19.8 Å². The largest absolute Gasteiger partial charge is 0.375 e. The number of halogens is 1. The number of nitrogens with zero attached hydrogens (tertiary/aromatic N) is 4. The van der Waals surface area contributed by atoms with Gasteiger partial charge < -0.3 is 20.3 Å². The summed E-state index contributed by atoms with van der Waals surface area (Å²) in [5, 5.41) is 3.08. The molecule has 6 nitrogen and oxygen atoms in total. The molecule has 1 aliphatic heterocycles. The molecule has 1 fully saturated rings. The number of benzene rings is 1. The molecule has 1 atom stereocenters. The normalized spacial score (nSPS) is 16.4. The summed E-state index contributed by atoms with van der Waals surface area (Å²) >= 11 is 1.67. The second-order valence-corrected chi connectivity index (χ2v) is 6.50. The molecule has 1 aromatic heterocycles. The van der Waals surface area contributed by atoms with Crippen LogP contribution < -0.4 is 10.6 Å². The van der Waals surface area contributed by atoms with Crippen molar-refractivity contribution in [3.63, 3.8) is 0 Å². The van der Waals surface area contributed by atoms with Crippen LogP contribution in [0.25, 0.3) is 0 Å². The monoisotopic (exact) mass is 473 g/mol. The highest BCUT2D eigenvalue weighted by Gasteiger charge is 2.20. The maximum absolute atomic E-state index is 6.18. The van der Waals surface area contributed by atoms with Gasteiger partial charge in [-0.1, -0.05) is 30.3 Å². The van der Waals surface area contributed by atoms with Gasteiger partial charge in [0.25, 0.3) is 0 Å². The van der Waals surface area contributed by atoms with E-state index in [1.165, 1.54) is 0 Å². The van der Waals surface area contributed by atoms with Crippen LogP contribution >= 0.6 is 35.3 Å². The molecule has 0 spiro atoms. The zero-order valence-corrected chi connectivity index (χ0v) is 17.4. The number of anilines is 1. The molecule has 0 amide bonds. The minimum Gasteiger partial charge on any atom is -0.375 e. The molecule has 2 N–H and O–H groups in total. The van der Waals surface area contributed by atoms with Gasteiger partial charge in [-0.2, -0.15) is 0 Å². The van der Waals surface area contributed by atoms with Crippen molar-refractivity contribution >= 4 is 46.4 Å². The van der Waals surface area contributed by atoms with Crippen molar-refractivity contribution in [2.75, 3.05) is 44.7 Å². The molecule has 0 aliphatic carbocycles. The quantitative estimate of drug-likeness (QED) is 0.411. The van der Waals surface area contributed by atoms with Gasteiger partial charge in [-0.25, -0.2) is 4.98 Å². The lowest BCUT2D eigenvalue weighted by Gasteiger charge is -2.35. The first-order valence-electron chi connectivity index (χ1n) is 8.05. The molecule has 8 heteroatoms. The standard InChI is InChI=1S/C17H23N5OS.HI/c1-23-15(14-5-3-2-4-6-14)13-20-16(18)21-8-10-22(11-9-21)17-19-7-12-24-17;/h2-7,12,15H,8-11,13H2,1H3,(H2,18,20);1H. The van der Waals surface area contributed by atoms with Gasteiger partial charge >= 0.3 is 0 Å². The Morgan fingerprint density at radius 1 is 1.28 bits per heavy atom. The minimum absolute atomic E-state index is 0. The van der Waals surface area contributed by atoms with Gasteiger partial charge in [0.2, 0.25) is 0 Å². The first-order chi connectivity index (χ1) is 11.8. The molecule has 136 valence electrons. The third-order valence-electron chi connectivity index (χ3n) is 4.17. The fraction of sp³-hybridized carbons (Fsp3) is 0.412. The van der Waals surface area contributed by atoms with Crippen molar-refractivity contribution in [3.05, 3.63) is 47.5 Å². The molecule has 2 aromatic rings. The van der Waals surface area contributed by atoms with Gasteiger partial charge in [0.05, 0.1) is 6.54 Å². The average Bonchev–Trinajstić information content (AvgIpc) is 3.18.